The standard InChI is InChI=1S/C20H17Cl4N/c21-12-7-15(24)19-16(8-12)25-20(11-3-4-13(22)14(23)6-11)18-10-2-1-9(5-10)17(18)19/h3-4,6-10,17-18,20,25H,1-2,5H2/t9-,10+,17+,18-,20?/m1/s1. The largest absolute Gasteiger partial charge is 0.378 e. The topological polar surface area (TPSA) is 12.0 Å². The third kappa shape index (κ3) is 2.51. The summed E-state index contributed by atoms with van der Waals surface area (Å²) in [6.45, 7) is 0. The smallest absolute Gasteiger partial charge is 0.0595 e. The minimum atomic E-state index is 0.220. The Kier molecular flexibility index (Phi) is 3.95. The number of anilines is 1. The van der Waals surface area contributed by atoms with Gasteiger partial charge in [0.1, 0.15) is 0 Å². The Labute approximate surface area is 167 Å². The predicted molar refractivity (Wildman–Crippen MR) is 106 cm³/mol. The van der Waals surface area contributed by atoms with Crippen molar-refractivity contribution in [1.29, 1.82) is 0 Å². The van der Waals surface area contributed by atoms with Crippen LogP contribution in [-0.2, 0) is 0 Å². The molecule has 1 nitrogen and oxygen atoms in total. The first kappa shape index (κ1) is 16.6. The summed E-state index contributed by atoms with van der Waals surface area (Å²) in [7, 11) is 0. The number of hydrogen-bond acceptors (Lipinski definition) is 1. The van der Waals surface area contributed by atoms with Crippen LogP contribution in [0.15, 0.2) is 30.3 Å². The molecule has 2 aromatic rings. The molecule has 2 saturated carbocycles. The SMILES string of the molecule is Clc1cc(Cl)c2c(c1)NC(c1ccc(Cl)c(Cl)c1)[C@@H]1[C@H]3CC[C@H](C3)[C@H]21. The number of rotatable bonds is 1. The lowest BCUT2D eigenvalue weighted by molar-refractivity contribution is 0.248. The maximum absolute atomic E-state index is 6.63. The monoisotopic (exact) mass is 411 g/mol. The van der Waals surface area contributed by atoms with Gasteiger partial charge in [0.15, 0.2) is 0 Å². The first-order chi connectivity index (χ1) is 12.0. The van der Waals surface area contributed by atoms with E-state index in [0.717, 1.165) is 22.5 Å². The summed E-state index contributed by atoms with van der Waals surface area (Å²) in [6.07, 6.45) is 3.91. The van der Waals surface area contributed by atoms with Gasteiger partial charge in [0.2, 0.25) is 0 Å². The lowest BCUT2D eigenvalue weighted by Crippen LogP contribution is -2.35. The van der Waals surface area contributed by atoms with Crippen LogP contribution in [-0.4, -0.2) is 0 Å². The number of hydrogen-bond donors (Lipinski definition) is 1. The number of fused-ring (bicyclic) bond motifs is 7. The molecule has 25 heavy (non-hydrogen) atoms. The van der Waals surface area contributed by atoms with E-state index in [1.165, 1.54) is 30.4 Å². The molecule has 1 unspecified atom stereocenters. The number of benzene rings is 2. The van der Waals surface area contributed by atoms with Gasteiger partial charge in [-0.1, -0.05) is 52.5 Å². The highest BCUT2D eigenvalue weighted by molar-refractivity contribution is 6.42. The summed E-state index contributed by atoms with van der Waals surface area (Å²) < 4.78 is 0. The second-order valence-electron chi connectivity index (χ2n) is 7.58. The van der Waals surface area contributed by atoms with E-state index in [2.05, 4.69) is 11.4 Å². The normalized spacial score (nSPS) is 32.2. The third-order valence-corrected chi connectivity index (χ3v) is 7.68. The van der Waals surface area contributed by atoms with Crippen molar-refractivity contribution in [3.8, 4) is 0 Å². The van der Waals surface area contributed by atoms with E-state index >= 15 is 0 Å². The zero-order valence-corrected chi connectivity index (χ0v) is 16.4. The van der Waals surface area contributed by atoms with Crippen molar-refractivity contribution < 1.29 is 0 Å². The average molecular weight is 413 g/mol. The Bertz CT molecular complexity index is 865. The van der Waals surface area contributed by atoms with E-state index in [0.29, 0.717) is 26.9 Å². The summed E-state index contributed by atoms with van der Waals surface area (Å²) in [5.74, 6) is 2.50. The van der Waals surface area contributed by atoms with Crippen molar-refractivity contribution in [1.82, 2.24) is 0 Å². The zero-order valence-electron chi connectivity index (χ0n) is 13.4. The van der Waals surface area contributed by atoms with Crippen LogP contribution >= 0.6 is 46.4 Å². The first-order valence-electron chi connectivity index (χ1n) is 8.73. The fourth-order valence-electron chi connectivity index (χ4n) is 5.56. The van der Waals surface area contributed by atoms with Gasteiger partial charge in [0, 0.05) is 15.7 Å². The Balaban J connectivity index is 1.67. The van der Waals surface area contributed by atoms with Crippen LogP contribution in [0.3, 0.4) is 0 Å². The average Bonchev–Trinajstić information content (AvgIpc) is 3.18. The van der Waals surface area contributed by atoms with E-state index in [9.17, 15) is 0 Å². The zero-order chi connectivity index (χ0) is 17.3. The van der Waals surface area contributed by atoms with Gasteiger partial charge in [0.05, 0.1) is 16.1 Å². The van der Waals surface area contributed by atoms with Crippen LogP contribution in [0.1, 0.15) is 42.3 Å². The Hall–Kier alpha value is -0.600. The van der Waals surface area contributed by atoms with E-state index in [1.807, 2.05) is 24.3 Å². The second-order valence-corrected chi connectivity index (χ2v) is 9.24. The summed E-state index contributed by atoms with van der Waals surface area (Å²) >= 11 is 25.3. The molecule has 2 bridgehead atoms. The lowest BCUT2D eigenvalue weighted by Gasteiger charge is -2.44. The molecule has 2 fully saturated rings. The number of nitrogens with one attached hydrogen (secondary N) is 1. The molecule has 3 aliphatic rings. The maximum atomic E-state index is 6.63. The van der Waals surface area contributed by atoms with Gasteiger partial charge in [-0.05, 0) is 78.3 Å². The fraction of sp³-hybridized carbons (Fsp3) is 0.400. The predicted octanol–water partition coefficient (Wildman–Crippen LogP) is 7.60. The molecule has 0 amide bonds. The summed E-state index contributed by atoms with van der Waals surface area (Å²) in [5.41, 5.74) is 3.53. The van der Waals surface area contributed by atoms with Crippen molar-refractivity contribution >= 4 is 52.1 Å². The maximum Gasteiger partial charge on any atom is 0.0595 e. The molecule has 5 heteroatoms. The van der Waals surface area contributed by atoms with Crippen LogP contribution < -0.4 is 5.32 Å². The van der Waals surface area contributed by atoms with Crippen LogP contribution in [0, 0.1) is 17.8 Å². The van der Waals surface area contributed by atoms with Crippen molar-refractivity contribution in [2.45, 2.75) is 31.2 Å². The van der Waals surface area contributed by atoms with E-state index < -0.39 is 0 Å². The molecule has 2 aliphatic carbocycles. The van der Waals surface area contributed by atoms with Gasteiger partial charge in [-0.25, -0.2) is 0 Å². The second kappa shape index (κ2) is 5.96. The van der Waals surface area contributed by atoms with E-state index in [-0.39, 0.29) is 6.04 Å². The molecule has 0 saturated heterocycles. The Morgan fingerprint density at radius 3 is 2.44 bits per heavy atom. The molecule has 0 radical (unpaired) electrons. The Morgan fingerprint density at radius 2 is 1.64 bits per heavy atom. The number of halogens is 4. The molecule has 0 aromatic heterocycles. The van der Waals surface area contributed by atoms with Gasteiger partial charge in [-0.3, -0.25) is 0 Å². The van der Waals surface area contributed by atoms with Crippen molar-refractivity contribution in [2.75, 3.05) is 5.32 Å². The minimum absolute atomic E-state index is 0.220. The quantitative estimate of drug-likeness (QED) is 0.508. The van der Waals surface area contributed by atoms with Gasteiger partial charge in [-0.2, -0.15) is 0 Å². The molecule has 1 aliphatic heterocycles. The summed E-state index contributed by atoms with van der Waals surface area (Å²) in [6, 6.07) is 10.1. The Morgan fingerprint density at radius 1 is 0.840 bits per heavy atom. The van der Waals surface area contributed by atoms with Crippen LogP contribution in [0.25, 0.3) is 0 Å². The van der Waals surface area contributed by atoms with Crippen molar-refractivity contribution in [3.63, 3.8) is 0 Å². The van der Waals surface area contributed by atoms with Crippen LogP contribution in [0.4, 0.5) is 5.69 Å². The lowest BCUT2D eigenvalue weighted by atomic mass is 9.68. The minimum Gasteiger partial charge on any atom is -0.378 e. The molecule has 5 rings (SSSR count). The molecule has 5 atom stereocenters. The highest BCUT2D eigenvalue weighted by Gasteiger charge is 2.54. The summed E-state index contributed by atoms with van der Waals surface area (Å²) in [4.78, 5) is 0. The molecule has 130 valence electrons. The van der Waals surface area contributed by atoms with Crippen molar-refractivity contribution in [3.05, 3.63) is 61.5 Å². The highest BCUT2D eigenvalue weighted by Crippen LogP contribution is 2.64. The molecule has 2 aromatic carbocycles. The fourth-order valence-corrected chi connectivity index (χ4v) is 6.49. The van der Waals surface area contributed by atoms with Crippen molar-refractivity contribution in [2.24, 2.45) is 17.8 Å². The van der Waals surface area contributed by atoms with E-state index in [1.54, 1.807) is 0 Å². The van der Waals surface area contributed by atoms with Gasteiger partial charge < -0.3 is 5.32 Å². The van der Waals surface area contributed by atoms with Gasteiger partial charge >= 0.3 is 0 Å². The first-order valence-corrected chi connectivity index (χ1v) is 10.2. The molecule has 0 spiro atoms. The molecule has 1 heterocycles. The van der Waals surface area contributed by atoms with Gasteiger partial charge in [-0.15, -0.1) is 0 Å². The van der Waals surface area contributed by atoms with Crippen LogP contribution in [0.2, 0.25) is 20.1 Å². The molecular formula is C20H17Cl4N. The van der Waals surface area contributed by atoms with Gasteiger partial charge in [0.25, 0.3) is 0 Å². The third-order valence-electron chi connectivity index (χ3n) is 6.41. The van der Waals surface area contributed by atoms with E-state index in [4.69, 9.17) is 46.4 Å². The molecule has 1 N–H and O–H groups in total. The van der Waals surface area contributed by atoms with Crippen LogP contribution in [0.5, 0.6) is 0 Å². The highest BCUT2D eigenvalue weighted by atomic mass is 35.5. The summed E-state index contributed by atoms with van der Waals surface area (Å²) in [5, 5.41) is 6.40. The molecular weight excluding hydrogens is 396 g/mol.